The van der Waals surface area contributed by atoms with Gasteiger partial charge in [0.1, 0.15) is 11.2 Å². The highest BCUT2D eigenvalue weighted by molar-refractivity contribution is 7.14. The maximum absolute atomic E-state index is 12.0. The lowest BCUT2D eigenvalue weighted by atomic mass is 9.77. The number of carbonyl (C=O) groups excluding carboxylic acids is 1. The normalized spacial score (nSPS) is 15.9. The van der Waals surface area contributed by atoms with Crippen molar-refractivity contribution in [3.8, 4) is 0 Å². The van der Waals surface area contributed by atoms with Gasteiger partial charge in [0.15, 0.2) is 5.13 Å². The first-order chi connectivity index (χ1) is 18.6. The third-order valence-electron chi connectivity index (χ3n) is 6.37. The molecule has 1 aromatic heterocycles. The summed E-state index contributed by atoms with van der Waals surface area (Å²) in [6.07, 6.45) is 0.385. The topological polar surface area (TPSA) is 113 Å². The molecule has 1 aliphatic rings. The molecule has 0 radical (unpaired) electrons. The summed E-state index contributed by atoms with van der Waals surface area (Å²) >= 11 is 1.27. The zero-order valence-electron chi connectivity index (χ0n) is 20.4. The predicted molar refractivity (Wildman–Crippen MR) is 146 cm³/mol. The van der Waals surface area contributed by atoms with Gasteiger partial charge in [-0.25, -0.2) is 9.78 Å². The molecule has 4 aromatic rings. The molecule has 3 N–H and O–H groups in total. The zero-order chi connectivity index (χ0) is 26.4. The van der Waals surface area contributed by atoms with E-state index in [1.54, 1.807) is 5.38 Å². The number of aromatic nitrogens is 1. The Bertz CT molecular complexity index is 1330. The molecule has 38 heavy (non-hydrogen) atoms. The van der Waals surface area contributed by atoms with Gasteiger partial charge in [-0.05, 0) is 29.5 Å². The van der Waals surface area contributed by atoms with E-state index in [4.69, 9.17) is 4.84 Å². The maximum atomic E-state index is 12.0. The first-order valence-electron chi connectivity index (χ1n) is 12.2. The number of hydrogen-bond donors (Lipinski definition) is 3. The van der Waals surface area contributed by atoms with Crippen LogP contribution in [0.5, 0.6) is 0 Å². The van der Waals surface area contributed by atoms with Crippen molar-refractivity contribution in [2.24, 2.45) is 5.16 Å². The third kappa shape index (κ3) is 5.14. The highest BCUT2D eigenvalue weighted by Crippen LogP contribution is 2.40. The van der Waals surface area contributed by atoms with Crippen LogP contribution in [0.1, 0.15) is 35.2 Å². The number of carboxylic acid groups (broad SMARTS) is 1. The Balaban J connectivity index is 1.55. The molecular weight excluding hydrogens is 500 g/mol. The van der Waals surface area contributed by atoms with Crippen molar-refractivity contribution in [1.29, 1.82) is 0 Å². The van der Waals surface area contributed by atoms with Crippen LogP contribution in [-0.4, -0.2) is 40.3 Å². The number of anilines is 1. The number of carboxylic acids is 1. The molecule has 1 unspecified atom stereocenters. The second-order valence-corrected chi connectivity index (χ2v) is 9.64. The average Bonchev–Trinajstić information content (AvgIpc) is 3.42. The molecular formula is C29H26N4O4S. The van der Waals surface area contributed by atoms with E-state index in [0.29, 0.717) is 18.1 Å². The zero-order valence-corrected chi connectivity index (χ0v) is 21.2. The van der Waals surface area contributed by atoms with Crippen molar-refractivity contribution in [2.45, 2.75) is 24.5 Å². The number of nitrogens with zero attached hydrogens (tertiary/aromatic N) is 2. The average molecular weight is 527 g/mol. The number of piperidine rings is 1. The molecule has 0 spiro atoms. The molecule has 2 heterocycles. The number of benzene rings is 3. The Morgan fingerprint density at radius 3 is 2.03 bits per heavy atom. The molecule has 8 nitrogen and oxygen atoms in total. The Morgan fingerprint density at radius 2 is 1.53 bits per heavy atom. The fourth-order valence-corrected chi connectivity index (χ4v) is 5.29. The Labute approximate surface area is 224 Å². The number of rotatable bonds is 9. The summed E-state index contributed by atoms with van der Waals surface area (Å²) in [5, 5.41) is 22.1. The molecule has 1 aliphatic heterocycles. The molecule has 0 saturated carbocycles. The van der Waals surface area contributed by atoms with Crippen LogP contribution in [0.3, 0.4) is 0 Å². The van der Waals surface area contributed by atoms with E-state index >= 15 is 0 Å². The Hall–Kier alpha value is -4.50. The Morgan fingerprint density at radius 1 is 0.974 bits per heavy atom. The van der Waals surface area contributed by atoms with Crippen molar-refractivity contribution in [2.75, 3.05) is 11.9 Å². The van der Waals surface area contributed by atoms with Crippen LogP contribution in [0, 0.1) is 0 Å². The van der Waals surface area contributed by atoms with Crippen molar-refractivity contribution < 1.29 is 19.5 Å². The quantitative estimate of drug-likeness (QED) is 0.167. The van der Waals surface area contributed by atoms with Crippen molar-refractivity contribution in [3.63, 3.8) is 0 Å². The van der Waals surface area contributed by atoms with Crippen molar-refractivity contribution >= 4 is 34.1 Å². The van der Waals surface area contributed by atoms with Gasteiger partial charge in [0.05, 0.1) is 0 Å². The minimum Gasteiger partial charge on any atom is -0.476 e. The number of aliphatic carboxylic acids is 1. The van der Waals surface area contributed by atoms with Crippen molar-refractivity contribution in [1.82, 2.24) is 10.3 Å². The summed E-state index contributed by atoms with van der Waals surface area (Å²) in [7, 11) is 0. The number of amides is 1. The van der Waals surface area contributed by atoms with Crippen LogP contribution in [0.15, 0.2) is 102 Å². The number of carbonyl (C=O) groups is 2. The molecule has 1 amide bonds. The first-order valence-corrected chi connectivity index (χ1v) is 13.1. The van der Waals surface area contributed by atoms with Gasteiger partial charge < -0.3 is 20.6 Å². The van der Waals surface area contributed by atoms with E-state index in [1.165, 1.54) is 11.3 Å². The monoisotopic (exact) mass is 526 g/mol. The number of hydrogen-bond acceptors (Lipinski definition) is 7. The smallest absolute Gasteiger partial charge is 0.360 e. The summed E-state index contributed by atoms with van der Waals surface area (Å²) in [5.74, 6) is -1.60. The summed E-state index contributed by atoms with van der Waals surface area (Å²) in [4.78, 5) is 34.0. The van der Waals surface area contributed by atoms with Gasteiger partial charge >= 0.3 is 5.97 Å². The SMILES string of the molecule is O=C(O)/C(=N\OC1CCCNC1=O)c1csc(NC(c2ccccc2)(c2ccccc2)c2ccccc2)n1. The van der Waals surface area contributed by atoms with Crippen LogP contribution in [0.25, 0.3) is 0 Å². The largest absolute Gasteiger partial charge is 0.476 e. The molecule has 9 heteroatoms. The number of oxime groups is 1. The second-order valence-electron chi connectivity index (χ2n) is 8.78. The molecule has 1 saturated heterocycles. The number of thiazole rings is 1. The lowest BCUT2D eigenvalue weighted by Crippen LogP contribution is -2.41. The fourth-order valence-electron chi connectivity index (χ4n) is 4.54. The van der Waals surface area contributed by atoms with Gasteiger partial charge in [-0.2, -0.15) is 0 Å². The summed E-state index contributed by atoms with van der Waals surface area (Å²) < 4.78 is 0. The van der Waals surface area contributed by atoms with Gasteiger partial charge in [0, 0.05) is 11.9 Å². The fraction of sp³-hybridized carbons (Fsp3) is 0.172. The first kappa shape index (κ1) is 25.2. The number of nitrogens with one attached hydrogen (secondary N) is 2. The summed E-state index contributed by atoms with van der Waals surface area (Å²) in [5.41, 5.74) is 1.95. The maximum Gasteiger partial charge on any atom is 0.360 e. The lowest BCUT2D eigenvalue weighted by molar-refractivity contribution is -0.136. The van der Waals surface area contributed by atoms with E-state index in [2.05, 4.69) is 57.2 Å². The second kappa shape index (κ2) is 11.3. The summed E-state index contributed by atoms with van der Waals surface area (Å²) in [6, 6.07) is 30.1. The van der Waals surface area contributed by atoms with E-state index in [1.807, 2.05) is 54.6 Å². The molecule has 1 fully saturated rings. The van der Waals surface area contributed by atoms with Crippen molar-refractivity contribution in [3.05, 3.63) is 119 Å². The van der Waals surface area contributed by atoms with E-state index < -0.39 is 17.6 Å². The van der Waals surface area contributed by atoms with Crippen LogP contribution in [-0.2, 0) is 20.0 Å². The van der Waals surface area contributed by atoms with Crippen LogP contribution in [0.4, 0.5) is 5.13 Å². The predicted octanol–water partition coefficient (Wildman–Crippen LogP) is 4.63. The molecule has 0 bridgehead atoms. The van der Waals surface area contributed by atoms with Gasteiger partial charge in [-0.1, -0.05) is 96.2 Å². The van der Waals surface area contributed by atoms with Gasteiger partial charge in [0.2, 0.25) is 11.8 Å². The minimum absolute atomic E-state index is 0.143. The minimum atomic E-state index is -1.29. The van der Waals surface area contributed by atoms with Gasteiger partial charge in [-0.15, -0.1) is 11.3 Å². The molecule has 192 valence electrons. The highest BCUT2D eigenvalue weighted by Gasteiger charge is 2.37. The van der Waals surface area contributed by atoms with Gasteiger partial charge in [-0.3, -0.25) is 4.79 Å². The standard InChI is InChI=1S/C29H26N4O4S/c34-26-24(17-10-18-30-26)37-33-25(27(35)36)23-19-38-28(31-23)32-29(20-11-4-1-5-12-20,21-13-6-2-7-14-21)22-15-8-3-9-16-22/h1-9,11-16,19,24H,10,17-18H2,(H,30,34)(H,31,32)(H,35,36)/b33-25-. The van der Waals surface area contributed by atoms with Crippen LogP contribution < -0.4 is 10.6 Å². The van der Waals surface area contributed by atoms with Gasteiger partial charge in [0.25, 0.3) is 5.91 Å². The lowest BCUT2D eigenvalue weighted by Gasteiger charge is -2.36. The van der Waals surface area contributed by atoms with E-state index in [0.717, 1.165) is 23.1 Å². The molecule has 5 rings (SSSR count). The van der Waals surface area contributed by atoms with Crippen LogP contribution >= 0.6 is 11.3 Å². The van der Waals surface area contributed by atoms with Crippen LogP contribution in [0.2, 0.25) is 0 Å². The molecule has 1 atom stereocenters. The molecule has 3 aromatic carbocycles. The summed E-state index contributed by atoms with van der Waals surface area (Å²) in [6.45, 7) is 0.571. The Kier molecular flexibility index (Phi) is 7.46. The van der Waals surface area contributed by atoms with E-state index in [9.17, 15) is 14.7 Å². The molecule has 0 aliphatic carbocycles. The van der Waals surface area contributed by atoms with E-state index in [-0.39, 0.29) is 17.3 Å². The highest BCUT2D eigenvalue weighted by atomic mass is 32.1. The third-order valence-corrected chi connectivity index (χ3v) is 7.13.